The number of hydrogen-bond donors (Lipinski definition) is 1. The molecular formula is C12H16ClNO4S. The summed E-state index contributed by atoms with van der Waals surface area (Å²) in [5.41, 5.74) is 0. The highest BCUT2D eigenvalue weighted by Crippen LogP contribution is 2.15. The highest BCUT2D eigenvalue weighted by atomic mass is 35.5. The molecule has 1 aromatic rings. The fourth-order valence-electron chi connectivity index (χ4n) is 1.39. The lowest BCUT2D eigenvalue weighted by atomic mass is 10.3. The van der Waals surface area contributed by atoms with Gasteiger partial charge in [-0.05, 0) is 31.5 Å². The van der Waals surface area contributed by atoms with E-state index in [1.165, 1.54) is 12.1 Å². The molecule has 1 N–H and O–H groups in total. The van der Waals surface area contributed by atoms with Crippen LogP contribution in [-0.2, 0) is 19.6 Å². The molecule has 0 spiro atoms. The summed E-state index contributed by atoms with van der Waals surface area (Å²) in [7, 11) is -3.58. The van der Waals surface area contributed by atoms with Crippen molar-refractivity contribution in [2.75, 3.05) is 13.2 Å². The maximum Gasteiger partial charge on any atom is 0.305 e. The van der Waals surface area contributed by atoms with Crippen LogP contribution in [0.3, 0.4) is 0 Å². The monoisotopic (exact) mass is 305 g/mol. The normalized spacial score (nSPS) is 11.3. The first-order valence-corrected chi connectivity index (χ1v) is 7.72. The van der Waals surface area contributed by atoms with E-state index in [0.717, 1.165) is 0 Å². The zero-order valence-corrected chi connectivity index (χ0v) is 12.1. The summed E-state index contributed by atoms with van der Waals surface area (Å²) in [6.45, 7) is 2.22. The van der Waals surface area contributed by atoms with Crippen molar-refractivity contribution < 1.29 is 17.9 Å². The summed E-state index contributed by atoms with van der Waals surface area (Å²) in [6.07, 6.45) is 0.574. The van der Waals surface area contributed by atoms with E-state index in [4.69, 9.17) is 16.3 Å². The smallest absolute Gasteiger partial charge is 0.305 e. The number of benzene rings is 1. The van der Waals surface area contributed by atoms with Crippen LogP contribution in [0, 0.1) is 0 Å². The average molecular weight is 306 g/mol. The molecule has 0 bridgehead atoms. The molecule has 0 saturated heterocycles. The molecule has 5 nitrogen and oxygen atoms in total. The van der Waals surface area contributed by atoms with E-state index in [1.54, 1.807) is 19.1 Å². The predicted molar refractivity (Wildman–Crippen MR) is 72.5 cm³/mol. The quantitative estimate of drug-likeness (QED) is 0.617. The third-order valence-electron chi connectivity index (χ3n) is 2.26. The summed E-state index contributed by atoms with van der Waals surface area (Å²) < 4.78 is 30.9. The Bertz CT molecular complexity index is 530. The molecule has 0 fully saturated rings. The van der Waals surface area contributed by atoms with Crippen molar-refractivity contribution in [3.8, 4) is 0 Å². The summed E-state index contributed by atoms with van der Waals surface area (Å²) in [4.78, 5) is 11.2. The first kappa shape index (κ1) is 15.9. The molecule has 7 heteroatoms. The van der Waals surface area contributed by atoms with E-state index in [2.05, 4.69) is 4.72 Å². The minimum atomic E-state index is -3.58. The van der Waals surface area contributed by atoms with E-state index >= 15 is 0 Å². The molecule has 0 aliphatic carbocycles. The zero-order valence-electron chi connectivity index (χ0n) is 10.6. The van der Waals surface area contributed by atoms with Crippen molar-refractivity contribution in [3.05, 3.63) is 29.3 Å². The van der Waals surface area contributed by atoms with Crippen LogP contribution in [0.5, 0.6) is 0 Å². The van der Waals surface area contributed by atoms with E-state index in [1.807, 2.05) is 0 Å². The summed E-state index contributed by atoms with van der Waals surface area (Å²) in [5, 5.41) is 0.356. The molecular weight excluding hydrogens is 290 g/mol. The van der Waals surface area contributed by atoms with Crippen molar-refractivity contribution in [1.29, 1.82) is 0 Å². The molecule has 0 heterocycles. The second-order valence-corrected chi connectivity index (χ2v) is 5.97. The molecule has 0 saturated carbocycles. The second-order valence-electron chi connectivity index (χ2n) is 3.76. The van der Waals surface area contributed by atoms with Crippen molar-refractivity contribution in [3.63, 3.8) is 0 Å². The number of carbonyl (C=O) groups is 1. The van der Waals surface area contributed by atoms with E-state index in [9.17, 15) is 13.2 Å². The van der Waals surface area contributed by atoms with Crippen LogP contribution < -0.4 is 4.72 Å². The van der Waals surface area contributed by atoms with Gasteiger partial charge in [-0.3, -0.25) is 4.79 Å². The molecule has 19 heavy (non-hydrogen) atoms. The van der Waals surface area contributed by atoms with Gasteiger partial charge in [0.2, 0.25) is 10.0 Å². The van der Waals surface area contributed by atoms with Crippen LogP contribution in [0.4, 0.5) is 0 Å². The van der Waals surface area contributed by atoms with Crippen LogP contribution >= 0.6 is 11.6 Å². The summed E-state index contributed by atoms with van der Waals surface area (Å²) >= 11 is 5.74. The minimum absolute atomic E-state index is 0.108. The van der Waals surface area contributed by atoms with Gasteiger partial charge in [-0.25, -0.2) is 13.1 Å². The number of hydrogen-bond acceptors (Lipinski definition) is 4. The predicted octanol–water partition coefficient (Wildman–Crippen LogP) is 1.96. The van der Waals surface area contributed by atoms with Gasteiger partial charge < -0.3 is 4.74 Å². The minimum Gasteiger partial charge on any atom is -0.466 e. The maximum absolute atomic E-state index is 11.9. The van der Waals surface area contributed by atoms with E-state index < -0.39 is 10.0 Å². The molecule has 0 atom stereocenters. The lowest BCUT2D eigenvalue weighted by molar-refractivity contribution is -0.143. The van der Waals surface area contributed by atoms with Gasteiger partial charge in [-0.2, -0.15) is 0 Å². The number of sulfonamides is 1. The Kier molecular flexibility index (Phi) is 6.27. The lowest BCUT2D eigenvalue weighted by Gasteiger charge is -2.06. The maximum atomic E-state index is 11.9. The fraction of sp³-hybridized carbons (Fsp3) is 0.417. The highest BCUT2D eigenvalue weighted by molar-refractivity contribution is 7.89. The number of ether oxygens (including phenoxy) is 1. The second kappa shape index (κ2) is 7.47. The van der Waals surface area contributed by atoms with Gasteiger partial charge in [-0.15, -0.1) is 0 Å². The van der Waals surface area contributed by atoms with Gasteiger partial charge in [0.1, 0.15) is 0 Å². The van der Waals surface area contributed by atoms with Gasteiger partial charge in [0.15, 0.2) is 0 Å². The Hall–Kier alpha value is -1.11. The first-order valence-electron chi connectivity index (χ1n) is 5.86. The molecule has 1 aromatic carbocycles. The van der Waals surface area contributed by atoms with Crippen molar-refractivity contribution >= 4 is 27.6 Å². The third kappa shape index (κ3) is 5.59. The van der Waals surface area contributed by atoms with Crippen molar-refractivity contribution in [1.82, 2.24) is 4.72 Å². The number of halogens is 1. The number of esters is 1. The zero-order chi connectivity index (χ0) is 14.3. The third-order valence-corrected chi connectivity index (χ3v) is 3.96. The van der Waals surface area contributed by atoms with Gasteiger partial charge in [0, 0.05) is 18.0 Å². The fourth-order valence-corrected chi connectivity index (χ4v) is 2.76. The number of carbonyl (C=O) groups excluding carboxylic acids is 1. The van der Waals surface area contributed by atoms with E-state index in [0.29, 0.717) is 18.1 Å². The van der Waals surface area contributed by atoms with Gasteiger partial charge in [0.25, 0.3) is 0 Å². The van der Waals surface area contributed by atoms with Crippen molar-refractivity contribution in [2.24, 2.45) is 0 Å². The number of rotatable bonds is 7. The molecule has 0 unspecified atom stereocenters. The van der Waals surface area contributed by atoms with Gasteiger partial charge in [0.05, 0.1) is 11.5 Å². The van der Waals surface area contributed by atoms with Crippen LogP contribution in [0.2, 0.25) is 5.02 Å². The highest BCUT2D eigenvalue weighted by Gasteiger charge is 2.13. The lowest BCUT2D eigenvalue weighted by Crippen LogP contribution is -2.25. The molecule has 0 aromatic heterocycles. The largest absolute Gasteiger partial charge is 0.466 e. The Morgan fingerprint density at radius 3 is 2.79 bits per heavy atom. The van der Waals surface area contributed by atoms with Crippen LogP contribution in [0.25, 0.3) is 0 Å². The standard InChI is InChI=1S/C12H16ClNO4S/c1-2-18-12(15)7-4-8-14-19(16,17)11-6-3-5-10(13)9-11/h3,5-6,9,14H,2,4,7-8H2,1H3. The Labute approximate surface area is 118 Å². The summed E-state index contributed by atoms with van der Waals surface area (Å²) in [6, 6.07) is 5.99. The Morgan fingerprint density at radius 2 is 2.16 bits per heavy atom. The molecule has 106 valence electrons. The average Bonchev–Trinajstić information content (AvgIpc) is 2.35. The topological polar surface area (TPSA) is 72.5 Å². The Balaban J connectivity index is 2.46. The van der Waals surface area contributed by atoms with Crippen LogP contribution in [0.15, 0.2) is 29.2 Å². The van der Waals surface area contributed by atoms with Crippen LogP contribution in [-0.4, -0.2) is 27.5 Å². The Morgan fingerprint density at radius 1 is 1.42 bits per heavy atom. The van der Waals surface area contributed by atoms with E-state index in [-0.39, 0.29) is 23.8 Å². The van der Waals surface area contributed by atoms with Gasteiger partial charge >= 0.3 is 5.97 Å². The molecule has 0 aliphatic rings. The summed E-state index contributed by atoms with van der Waals surface area (Å²) in [5.74, 6) is -0.329. The molecule has 0 amide bonds. The van der Waals surface area contributed by atoms with Gasteiger partial charge in [-0.1, -0.05) is 17.7 Å². The first-order chi connectivity index (χ1) is 8.95. The molecule has 0 aliphatic heterocycles. The number of nitrogens with one attached hydrogen (secondary N) is 1. The van der Waals surface area contributed by atoms with Crippen molar-refractivity contribution in [2.45, 2.75) is 24.7 Å². The van der Waals surface area contributed by atoms with Crippen LogP contribution in [0.1, 0.15) is 19.8 Å². The molecule has 1 rings (SSSR count). The molecule has 0 radical (unpaired) electrons. The SMILES string of the molecule is CCOC(=O)CCCNS(=O)(=O)c1cccc(Cl)c1.